The van der Waals surface area contributed by atoms with E-state index in [4.69, 9.17) is 9.47 Å². The maximum Gasteiger partial charge on any atom is 0.362 e. The van der Waals surface area contributed by atoms with Gasteiger partial charge in [0, 0.05) is 6.54 Å². The van der Waals surface area contributed by atoms with Gasteiger partial charge in [-0.25, -0.2) is 0 Å². The van der Waals surface area contributed by atoms with Gasteiger partial charge in [-0.3, -0.25) is 14.9 Å². The van der Waals surface area contributed by atoms with E-state index in [1.807, 2.05) is 0 Å². The van der Waals surface area contributed by atoms with Gasteiger partial charge in [0.1, 0.15) is 0 Å². The van der Waals surface area contributed by atoms with Crippen LogP contribution < -0.4 is 9.47 Å². The number of aromatic nitrogens is 2. The van der Waals surface area contributed by atoms with Gasteiger partial charge in [0.05, 0.1) is 29.8 Å². The zero-order valence-electron chi connectivity index (χ0n) is 15.8. The lowest BCUT2D eigenvalue weighted by Gasteiger charge is -2.30. The lowest BCUT2D eigenvalue weighted by atomic mass is 10.2. The highest BCUT2D eigenvalue weighted by Crippen LogP contribution is 2.37. The minimum Gasteiger partial charge on any atom is -0.476 e. The maximum atomic E-state index is 13.2. The summed E-state index contributed by atoms with van der Waals surface area (Å²) in [6.07, 6.45) is 1.72. The predicted molar refractivity (Wildman–Crippen MR) is 106 cm³/mol. The fourth-order valence-electron chi connectivity index (χ4n) is 3.02. The molecule has 1 aromatic rings. The van der Waals surface area contributed by atoms with E-state index in [2.05, 4.69) is 23.8 Å². The van der Waals surface area contributed by atoms with Gasteiger partial charge in [-0.1, -0.05) is 13.8 Å². The molecule has 27 heavy (non-hydrogen) atoms. The molecule has 1 aliphatic rings. The van der Waals surface area contributed by atoms with Crippen LogP contribution in [0.3, 0.4) is 0 Å². The van der Waals surface area contributed by atoms with Crippen molar-refractivity contribution in [1.29, 1.82) is 0 Å². The lowest BCUT2D eigenvalue weighted by molar-refractivity contribution is -0.386. The van der Waals surface area contributed by atoms with Gasteiger partial charge in [-0.05, 0) is 24.3 Å². The molecule has 0 bridgehead atoms. The highest BCUT2D eigenvalue weighted by atomic mass is 32.2. The zero-order chi connectivity index (χ0) is 20.0. The van der Waals surface area contributed by atoms with Crippen molar-refractivity contribution in [2.75, 3.05) is 32.3 Å². The number of ether oxygens (including phenoxy) is 2. The molecule has 11 heteroatoms. The summed E-state index contributed by atoms with van der Waals surface area (Å²) < 4.78 is 10.2. The van der Waals surface area contributed by atoms with Crippen LogP contribution in [0.1, 0.15) is 37.2 Å². The van der Waals surface area contributed by atoms with Crippen LogP contribution in [0.2, 0.25) is 0 Å². The normalized spacial score (nSPS) is 16.6. The van der Waals surface area contributed by atoms with E-state index in [9.17, 15) is 14.9 Å². The van der Waals surface area contributed by atoms with Gasteiger partial charge in [-0.15, -0.1) is 23.5 Å². The lowest BCUT2D eigenvalue weighted by Crippen LogP contribution is -2.41. The third-order valence-corrected chi connectivity index (χ3v) is 6.90. The van der Waals surface area contributed by atoms with Crippen molar-refractivity contribution >= 4 is 35.1 Å². The molecular formula is C16H24N4O5S2. The first-order valence-corrected chi connectivity index (χ1v) is 10.8. The highest BCUT2D eigenvalue weighted by Gasteiger charge is 2.40. The van der Waals surface area contributed by atoms with E-state index in [0.717, 1.165) is 24.3 Å². The number of rotatable bonds is 9. The van der Waals surface area contributed by atoms with E-state index in [1.165, 1.54) is 14.2 Å². The largest absolute Gasteiger partial charge is 0.476 e. The van der Waals surface area contributed by atoms with Gasteiger partial charge in [-0.2, -0.15) is 9.97 Å². The molecular weight excluding hydrogens is 392 g/mol. The predicted octanol–water partition coefficient (Wildman–Crippen LogP) is 2.84. The molecule has 1 aliphatic heterocycles. The van der Waals surface area contributed by atoms with Gasteiger partial charge >= 0.3 is 17.6 Å². The van der Waals surface area contributed by atoms with Crippen molar-refractivity contribution in [2.24, 2.45) is 0 Å². The molecule has 1 fully saturated rings. The third-order valence-electron chi connectivity index (χ3n) is 4.13. The molecule has 9 nitrogen and oxygen atoms in total. The quantitative estimate of drug-likeness (QED) is 0.341. The van der Waals surface area contributed by atoms with Crippen molar-refractivity contribution in [2.45, 2.75) is 37.3 Å². The third kappa shape index (κ3) is 4.75. The molecule has 0 spiro atoms. The molecule has 0 aliphatic carbocycles. The van der Waals surface area contributed by atoms with Crippen molar-refractivity contribution in [3.05, 3.63) is 15.8 Å². The van der Waals surface area contributed by atoms with E-state index in [0.29, 0.717) is 6.54 Å². The standard InChI is InChI=1S/C16H24N4O5S2/c1-5-26-15(27-6-2)10-8-7-9-19(10)14(21)11-12(20(22)23)13(24-3)18-16(17-11)25-4/h10,15H,5-9H2,1-4H3/t10-/m0/s1. The van der Waals surface area contributed by atoms with Crippen LogP contribution in [0.4, 0.5) is 5.69 Å². The first-order chi connectivity index (χ1) is 13.0. The topological polar surface area (TPSA) is 108 Å². The molecule has 0 radical (unpaired) electrons. The second-order valence-electron chi connectivity index (χ2n) is 5.66. The summed E-state index contributed by atoms with van der Waals surface area (Å²) in [5.41, 5.74) is -0.825. The number of carbonyl (C=O) groups excluding carboxylic acids is 1. The summed E-state index contributed by atoms with van der Waals surface area (Å²) >= 11 is 3.59. The second-order valence-corrected chi connectivity index (χ2v) is 8.80. The number of amides is 1. The number of carbonyl (C=O) groups is 1. The van der Waals surface area contributed by atoms with Gasteiger partial charge in [0.25, 0.3) is 5.91 Å². The molecule has 1 atom stereocenters. The van der Waals surface area contributed by atoms with Crippen LogP contribution in [0.15, 0.2) is 0 Å². The van der Waals surface area contributed by atoms with Crippen LogP contribution in [-0.2, 0) is 0 Å². The number of nitrogens with zero attached hydrogens (tertiary/aromatic N) is 4. The Hall–Kier alpha value is -1.75. The van der Waals surface area contributed by atoms with Crippen LogP contribution >= 0.6 is 23.5 Å². The summed E-state index contributed by atoms with van der Waals surface area (Å²) in [4.78, 5) is 33.6. The van der Waals surface area contributed by atoms with Crippen molar-refractivity contribution < 1.29 is 19.2 Å². The molecule has 0 aromatic carbocycles. The summed E-state index contributed by atoms with van der Waals surface area (Å²) in [6, 6.07) is -0.141. The Morgan fingerprint density at radius 1 is 1.30 bits per heavy atom. The molecule has 1 amide bonds. The fourth-order valence-corrected chi connectivity index (χ4v) is 5.89. The molecule has 150 valence electrons. The molecule has 1 saturated heterocycles. The van der Waals surface area contributed by atoms with Gasteiger partial charge in [0.15, 0.2) is 0 Å². The summed E-state index contributed by atoms with van der Waals surface area (Å²) in [7, 11) is 2.59. The minimum atomic E-state index is -0.685. The molecule has 2 heterocycles. The Kier molecular flexibility index (Phi) is 7.96. The van der Waals surface area contributed by atoms with E-state index >= 15 is 0 Å². The van der Waals surface area contributed by atoms with Crippen LogP contribution in [0.25, 0.3) is 0 Å². The molecule has 2 rings (SSSR count). The number of methoxy groups -OCH3 is 2. The SMILES string of the molecule is CCSC(SCC)[C@@H]1CCCN1C(=O)c1nc(OC)nc(OC)c1[N+](=O)[O-]. The second kappa shape index (κ2) is 9.98. The van der Waals surface area contributed by atoms with Crippen LogP contribution in [-0.4, -0.2) is 68.6 Å². The minimum absolute atomic E-state index is 0.000964. The van der Waals surface area contributed by atoms with Gasteiger partial charge in [0.2, 0.25) is 5.69 Å². The van der Waals surface area contributed by atoms with Crippen molar-refractivity contribution in [1.82, 2.24) is 14.9 Å². The van der Waals surface area contributed by atoms with Crippen molar-refractivity contribution in [3.63, 3.8) is 0 Å². The summed E-state index contributed by atoms with van der Waals surface area (Å²) in [5.74, 6) is 1.10. The Bertz CT molecular complexity index is 685. The summed E-state index contributed by atoms with van der Waals surface area (Å²) in [5, 5.41) is 11.6. The Labute approximate surface area is 166 Å². The van der Waals surface area contributed by atoms with Crippen LogP contribution in [0.5, 0.6) is 11.9 Å². The summed E-state index contributed by atoms with van der Waals surface area (Å²) in [6.45, 7) is 4.71. The highest BCUT2D eigenvalue weighted by molar-refractivity contribution is 8.17. The Balaban J connectivity index is 2.44. The maximum absolute atomic E-state index is 13.2. The Morgan fingerprint density at radius 2 is 1.96 bits per heavy atom. The number of hydrogen-bond acceptors (Lipinski definition) is 9. The number of likely N-dealkylation sites (tertiary alicyclic amines) is 1. The molecule has 0 unspecified atom stereocenters. The molecule has 0 N–H and O–H groups in total. The zero-order valence-corrected chi connectivity index (χ0v) is 17.5. The number of thioether (sulfide) groups is 2. The Morgan fingerprint density at radius 3 is 2.48 bits per heavy atom. The molecule has 0 saturated carbocycles. The van der Waals surface area contributed by atoms with E-state index in [-0.39, 0.29) is 28.2 Å². The number of nitro groups is 1. The first kappa shape index (κ1) is 21.5. The average molecular weight is 417 g/mol. The average Bonchev–Trinajstić information content (AvgIpc) is 3.15. The van der Waals surface area contributed by atoms with E-state index < -0.39 is 16.5 Å². The fraction of sp³-hybridized carbons (Fsp3) is 0.688. The van der Waals surface area contributed by atoms with Gasteiger partial charge < -0.3 is 14.4 Å². The monoisotopic (exact) mass is 416 g/mol. The first-order valence-electron chi connectivity index (χ1n) is 8.66. The number of hydrogen-bond donors (Lipinski definition) is 0. The van der Waals surface area contributed by atoms with Crippen LogP contribution in [0, 0.1) is 10.1 Å². The van der Waals surface area contributed by atoms with E-state index in [1.54, 1.807) is 28.4 Å². The molecule has 1 aromatic heterocycles. The van der Waals surface area contributed by atoms with Crippen molar-refractivity contribution in [3.8, 4) is 11.9 Å². The smallest absolute Gasteiger partial charge is 0.362 e.